The molecule has 0 amide bonds. The van der Waals surface area contributed by atoms with Gasteiger partial charge < -0.3 is 25.2 Å². The molecule has 0 saturated heterocycles. The second kappa shape index (κ2) is 13.5. The summed E-state index contributed by atoms with van der Waals surface area (Å²) in [5.74, 6) is 2.36. The van der Waals surface area contributed by atoms with E-state index in [1.54, 1.807) is 21.3 Å². The molecule has 0 radical (unpaired) electrons. The first-order chi connectivity index (χ1) is 15.2. The third-order valence-electron chi connectivity index (χ3n) is 5.75. The summed E-state index contributed by atoms with van der Waals surface area (Å²) in [7, 11) is 5.11. The molecular formula is C24H35IN4O3. The Labute approximate surface area is 208 Å². The third-order valence-corrected chi connectivity index (χ3v) is 5.75. The molecule has 0 aliphatic carbocycles. The fourth-order valence-electron chi connectivity index (χ4n) is 3.92. The van der Waals surface area contributed by atoms with E-state index in [-0.39, 0.29) is 36.5 Å². The van der Waals surface area contributed by atoms with Gasteiger partial charge in [0.05, 0.1) is 20.8 Å². The van der Waals surface area contributed by atoms with Crippen LogP contribution in [0.4, 0.5) is 0 Å². The van der Waals surface area contributed by atoms with Crippen LogP contribution in [0.1, 0.15) is 22.6 Å². The average Bonchev–Trinajstić information content (AvgIpc) is 2.82. The van der Waals surface area contributed by atoms with Crippen molar-refractivity contribution >= 4 is 29.9 Å². The summed E-state index contributed by atoms with van der Waals surface area (Å²) < 4.78 is 10.9. The van der Waals surface area contributed by atoms with Gasteiger partial charge in [0, 0.05) is 45.7 Å². The maximum atomic E-state index is 9.74. The molecule has 1 aliphatic heterocycles. The fourth-order valence-corrected chi connectivity index (χ4v) is 3.92. The van der Waals surface area contributed by atoms with E-state index in [1.807, 2.05) is 30.3 Å². The predicted octanol–water partition coefficient (Wildman–Crippen LogP) is 2.62. The standard InChI is InChI=1S/C24H34N4O3.HI/c1-25-24(27-15-21(17-29)18-7-5-4-6-8-18)26-10-12-28-11-9-19-13-22(30-2)23(31-3)14-20(19)16-28;/h4-8,13-14,21,29H,9-12,15-17H2,1-3H3,(H2,25,26,27);1H. The van der Waals surface area contributed by atoms with Crippen LogP contribution in [0, 0.1) is 0 Å². The van der Waals surface area contributed by atoms with Gasteiger partial charge in [-0.15, -0.1) is 24.0 Å². The summed E-state index contributed by atoms with van der Waals surface area (Å²) in [6.07, 6.45) is 0.998. The summed E-state index contributed by atoms with van der Waals surface area (Å²) in [6.45, 7) is 4.32. The van der Waals surface area contributed by atoms with Gasteiger partial charge in [0.2, 0.25) is 0 Å². The average molecular weight is 554 g/mol. The summed E-state index contributed by atoms with van der Waals surface area (Å²) in [5.41, 5.74) is 3.74. The van der Waals surface area contributed by atoms with Crippen molar-refractivity contribution in [2.75, 3.05) is 54.1 Å². The quantitative estimate of drug-likeness (QED) is 0.252. The minimum absolute atomic E-state index is 0. The maximum Gasteiger partial charge on any atom is 0.191 e. The molecule has 0 fully saturated rings. The van der Waals surface area contributed by atoms with Gasteiger partial charge in [-0.3, -0.25) is 9.89 Å². The lowest BCUT2D eigenvalue weighted by Gasteiger charge is -2.29. The molecule has 2 aromatic rings. The van der Waals surface area contributed by atoms with E-state index in [2.05, 4.69) is 32.7 Å². The van der Waals surface area contributed by atoms with Crippen LogP contribution in [0.15, 0.2) is 47.5 Å². The summed E-state index contributed by atoms with van der Waals surface area (Å²) in [5, 5.41) is 16.5. The van der Waals surface area contributed by atoms with Gasteiger partial charge in [-0.1, -0.05) is 30.3 Å². The number of hydrogen-bond acceptors (Lipinski definition) is 5. The number of aliphatic hydroxyl groups is 1. The molecule has 8 heteroatoms. The van der Waals surface area contributed by atoms with E-state index in [1.165, 1.54) is 11.1 Å². The van der Waals surface area contributed by atoms with Crippen LogP contribution in [0.5, 0.6) is 11.5 Å². The molecule has 0 aromatic heterocycles. The molecule has 7 nitrogen and oxygen atoms in total. The first kappa shape index (κ1) is 26.2. The largest absolute Gasteiger partial charge is 0.493 e. The number of rotatable bonds is 9. The lowest BCUT2D eigenvalue weighted by atomic mass is 9.99. The number of nitrogens with one attached hydrogen (secondary N) is 2. The topological polar surface area (TPSA) is 78.4 Å². The van der Waals surface area contributed by atoms with Crippen LogP contribution in [0.2, 0.25) is 0 Å². The van der Waals surface area contributed by atoms with Gasteiger partial charge in [0.1, 0.15) is 0 Å². The molecule has 0 bridgehead atoms. The monoisotopic (exact) mass is 554 g/mol. The van der Waals surface area contributed by atoms with E-state index in [0.717, 1.165) is 55.6 Å². The fraction of sp³-hybridized carbons (Fsp3) is 0.458. The summed E-state index contributed by atoms with van der Waals surface area (Å²) >= 11 is 0. The van der Waals surface area contributed by atoms with Crippen molar-refractivity contribution in [3.05, 3.63) is 59.2 Å². The number of fused-ring (bicyclic) bond motifs is 1. The predicted molar refractivity (Wildman–Crippen MR) is 140 cm³/mol. The first-order valence-corrected chi connectivity index (χ1v) is 10.7. The van der Waals surface area contributed by atoms with Gasteiger partial charge in [-0.25, -0.2) is 0 Å². The molecular weight excluding hydrogens is 519 g/mol. The Morgan fingerprint density at radius 1 is 1.09 bits per heavy atom. The van der Waals surface area contributed by atoms with Gasteiger partial charge in [0.15, 0.2) is 17.5 Å². The molecule has 3 rings (SSSR count). The highest BCUT2D eigenvalue weighted by Gasteiger charge is 2.19. The van der Waals surface area contributed by atoms with E-state index in [4.69, 9.17) is 9.47 Å². The van der Waals surface area contributed by atoms with Crippen molar-refractivity contribution < 1.29 is 14.6 Å². The Bertz CT molecular complexity index is 864. The molecule has 2 aromatic carbocycles. The minimum Gasteiger partial charge on any atom is -0.493 e. The Morgan fingerprint density at radius 2 is 1.78 bits per heavy atom. The SMILES string of the molecule is CN=C(NCCN1CCc2cc(OC)c(OC)cc2C1)NCC(CO)c1ccccc1.I. The normalized spacial score (nSPS) is 14.7. The van der Waals surface area contributed by atoms with Crippen LogP contribution in [0.25, 0.3) is 0 Å². The number of halogens is 1. The van der Waals surface area contributed by atoms with Crippen LogP contribution in [-0.2, 0) is 13.0 Å². The Balaban J connectivity index is 0.00000363. The smallest absolute Gasteiger partial charge is 0.191 e. The van der Waals surface area contributed by atoms with Crippen molar-refractivity contribution in [3.8, 4) is 11.5 Å². The van der Waals surface area contributed by atoms with Crippen molar-refractivity contribution in [1.29, 1.82) is 0 Å². The number of benzene rings is 2. The molecule has 1 unspecified atom stereocenters. The first-order valence-electron chi connectivity index (χ1n) is 10.7. The number of hydrogen-bond donors (Lipinski definition) is 3. The second-order valence-corrected chi connectivity index (χ2v) is 7.67. The highest BCUT2D eigenvalue weighted by molar-refractivity contribution is 14.0. The highest BCUT2D eigenvalue weighted by atomic mass is 127. The van der Waals surface area contributed by atoms with Crippen molar-refractivity contribution in [1.82, 2.24) is 15.5 Å². The summed E-state index contributed by atoms with van der Waals surface area (Å²) in [4.78, 5) is 6.74. The van der Waals surface area contributed by atoms with Crippen LogP contribution in [0.3, 0.4) is 0 Å². The zero-order valence-electron chi connectivity index (χ0n) is 19.1. The number of ether oxygens (including phenoxy) is 2. The minimum atomic E-state index is 0. The van der Waals surface area contributed by atoms with E-state index in [0.29, 0.717) is 6.54 Å². The Kier molecular flexibility index (Phi) is 11.1. The lowest BCUT2D eigenvalue weighted by Crippen LogP contribution is -2.43. The van der Waals surface area contributed by atoms with Crippen LogP contribution < -0.4 is 20.1 Å². The summed E-state index contributed by atoms with van der Waals surface area (Å²) in [6, 6.07) is 14.2. The second-order valence-electron chi connectivity index (χ2n) is 7.67. The van der Waals surface area contributed by atoms with Gasteiger partial charge in [-0.05, 0) is 35.2 Å². The van der Waals surface area contributed by atoms with Gasteiger partial charge >= 0.3 is 0 Å². The van der Waals surface area contributed by atoms with E-state index < -0.39 is 0 Å². The van der Waals surface area contributed by atoms with Crippen molar-refractivity contribution in [2.24, 2.45) is 4.99 Å². The Morgan fingerprint density at radius 3 is 2.41 bits per heavy atom. The molecule has 0 spiro atoms. The molecule has 0 saturated carbocycles. The van der Waals surface area contributed by atoms with Crippen molar-refractivity contribution in [3.63, 3.8) is 0 Å². The number of guanidine groups is 1. The zero-order valence-corrected chi connectivity index (χ0v) is 21.5. The third kappa shape index (κ3) is 6.98. The van der Waals surface area contributed by atoms with E-state index in [9.17, 15) is 5.11 Å². The lowest BCUT2D eigenvalue weighted by molar-refractivity contribution is 0.256. The van der Waals surface area contributed by atoms with Gasteiger partial charge in [-0.2, -0.15) is 0 Å². The Hall–Kier alpha value is -2.04. The van der Waals surface area contributed by atoms with Crippen molar-refractivity contribution in [2.45, 2.75) is 18.9 Å². The number of aliphatic imine (C=N–C) groups is 1. The number of aliphatic hydroxyl groups excluding tert-OH is 1. The molecule has 1 atom stereocenters. The van der Waals surface area contributed by atoms with Crippen LogP contribution >= 0.6 is 24.0 Å². The highest BCUT2D eigenvalue weighted by Crippen LogP contribution is 2.33. The number of nitrogens with zero attached hydrogens (tertiary/aromatic N) is 2. The van der Waals surface area contributed by atoms with Gasteiger partial charge in [0.25, 0.3) is 0 Å². The molecule has 1 aliphatic rings. The molecule has 1 heterocycles. The molecule has 3 N–H and O–H groups in total. The molecule has 32 heavy (non-hydrogen) atoms. The zero-order chi connectivity index (χ0) is 22.1. The maximum absolute atomic E-state index is 9.74. The van der Waals surface area contributed by atoms with Crippen LogP contribution in [-0.4, -0.2) is 70.0 Å². The number of methoxy groups -OCH3 is 2. The molecule has 176 valence electrons. The van der Waals surface area contributed by atoms with E-state index >= 15 is 0 Å².